The van der Waals surface area contributed by atoms with Crippen molar-refractivity contribution in [1.29, 1.82) is 0 Å². The van der Waals surface area contributed by atoms with E-state index in [0.29, 0.717) is 16.1 Å². The third-order valence-electron chi connectivity index (χ3n) is 2.93. The molecule has 0 N–H and O–H groups in total. The maximum atomic E-state index is 14.1. The van der Waals surface area contributed by atoms with Gasteiger partial charge in [0.15, 0.2) is 17.4 Å². The standard InChI is InChI=1S/C15H9F3N2OS/c1-21-15-13(17)8(16)6-11(14(15)18)22-12-7-19-9-4-2-3-5-10(9)20-12/h2-7H,1H3. The first kappa shape index (κ1) is 14.6. The van der Waals surface area contributed by atoms with Crippen molar-refractivity contribution in [3.63, 3.8) is 0 Å². The Kier molecular flexibility index (Phi) is 3.89. The largest absolute Gasteiger partial charge is 0.491 e. The maximum Gasteiger partial charge on any atom is 0.203 e. The lowest BCUT2D eigenvalue weighted by molar-refractivity contribution is 0.341. The number of hydrogen-bond donors (Lipinski definition) is 0. The van der Waals surface area contributed by atoms with Gasteiger partial charge < -0.3 is 4.74 Å². The highest BCUT2D eigenvalue weighted by atomic mass is 32.2. The number of methoxy groups -OCH3 is 1. The molecule has 0 aliphatic carbocycles. The molecule has 3 aromatic rings. The Morgan fingerprint density at radius 2 is 1.77 bits per heavy atom. The lowest BCUT2D eigenvalue weighted by atomic mass is 10.3. The highest BCUT2D eigenvalue weighted by molar-refractivity contribution is 7.99. The van der Waals surface area contributed by atoms with Gasteiger partial charge >= 0.3 is 0 Å². The summed E-state index contributed by atoms with van der Waals surface area (Å²) in [5.41, 5.74) is 1.32. The summed E-state index contributed by atoms with van der Waals surface area (Å²) in [4.78, 5) is 8.36. The molecule has 3 nitrogen and oxygen atoms in total. The monoisotopic (exact) mass is 322 g/mol. The molecular weight excluding hydrogens is 313 g/mol. The number of aromatic nitrogens is 2. The van der Waals surface area contributed by atoms with E-state index in [2.05, 4.69) is 14.7 Å². The molecule has 0 unspecified atom stereocenters. The molecular formula is C15H9F3N2OS. The predicted octanol–water partition coefficient (Wildman–Crippen LogP) is 4.21. The Bertz CT molecular complexity index is 858. The van der Waals surface area contributed by atoms with Crippen LogP contribution in [0.3, 0.4) is 0 Å². The normalized spacial score (nSPS) is 10.9. The Labute approximate surface area is 128 Å². The van der Waals surface area contributed by atoms with Crippen LogP contribution in [0, 0.1) is 17.5 Å². The molecule has 0 aliphatic rings. The Morgan fingerprint density at radius 1 is 1.05 bits per heavy atom. The summed E-state index contributed by atoms with van der Waals surface area (Å²) in [5.74, 6) is -4.26. The van der Waals surface area contributed by atoms with Crippen LogP contribution in [-0.2, 0) is 0 Å². The van der Waals surface area contributed by atoms with Gasteiger partial charge in [0.05, 0.1) is 29.2 Å². The zero-order chi connectivity index (χ0) is 15.7. The fraction of sp³-hybridized carbons (Fsp3) is 0.0667. The van der Waals surface area contributed by atoms with Crippen molar-refractivity contribution in [3.8, 4) is 5.75 Å². The third-order valence-corrected chi connectivity index (χ3v) is 3.85. The molecule has 3 rings (SSSR count). The number of halogens is 3. The van der Waals surface area contributed by atoms with Gasteiger partial charge in [-0.25, -0.2) is 13.8 Å². The van der Waals surface area contributed by atoms with Crippen LogP contribution in [-0.4, -0.2) is 17.1 Å². The summed E-state index contributed by atoms with van der Waals surface area (Å²) >= 11 is 0.846. The second-order valence-electron chi connectivity index (χ2n) is 4.32. The fourth-order valence-corrected chi connectivity index (χ4v) is 2.73. The lowest BCUT2D eigenvalue weighted by Crippen LogP contribution is -1.98. The molecule has 0 bridgehead atoms. The zero-order valence-electron chi connectivity index (χ0n) is 11.3. The number of nitrogens with zero attached hydrogens (tertiary/aromatic N) is 2. The summed E-state index contributed by atoms with van der Waals surface area (Å²) in [7, 11) is 1.07. The Morgan fingerprint density at radius 3 is 2.50 bits per heavy atom. The van der Waals surface area contributed by atoms with Crippen LogP contribution in [0.5, 0.6) is 5.75 Å². The average Bonchev–Trinajstić information content (AvgIpc) is 2.53. The minimum atomic E-state index is -1.35. The quantitative estimate of drug-likeness (QED) is 0.677. The van der Waals surface area contributed by atoms with Crippen molar-refractivity contribution in [1.82, 2.24) is 9.97 Å². The van der Waals surface area contributed by atoms with Crippen molar-refractivity contribution in [3.05, 3.63) is 54.0 Å². The SMILES string of the molecule is COc1c(F)c(F)cc(Sc2cnc3ccccc3n2)c1F. The van der Waals surface area contributed by atoms with Crippen molar-refractivity contribution in [2.24, 2.45) is 0 Å². The first-order valence-electron chi connectivity index (χ1n) is 6.21. The van der Waals surface area contributed by atoms with E-state index in [0.717, 1.165) is 24.9 Å². The van der Waals surface area contributed by atoms with Crippen LogP contribution in [0.1, 0.15) is 0 Å². The van der Waals surface area contributed by atoms with Gasteiger partial charge in [-0.3, -0.25) is 4.98 Å². The fourth-order valence-electron chi connectivity index (χ4n) is 1.91. The van der Waals surface area contributed by atoms with E-state index >= 15 is 0 Å². The first-order chi connectivity index (χ1) is 10.6. The van der Waals surface area contributed by atoms with Crippen molar-refractivity contribution >= 4 is 22.8 Å². The van der Waals surface area contributed by atoms with E-state index in [4.69, 9.17) is 0 Å². The summed E-state index contributed by atoms with van der Waals surface area (Å²) in [6.07, 6.45) is 1.44. The molecule has 0 saturated carbocycles. The molecule has 22 heavy (non-hydrogen) atoms. The van der Waals surface area contributed by atoms with Crippen LogP contribution in [0.25, 0.3) is 11.0 Å². The molecule has 0 fully saturated rings. The number of rotatable bonds is 3. The number of ether oxygens (including phenoxy) is 1. The summed E-state index contributed by atoms with van der Waals surface area (Å²) in [6.45, 7) is 0. The van der Waals surface area contributed by atoms with E-state index < -0.39 is 23.2 Å². The summed E-state index contributed by atoms with van der Waals surface area (Å²) < 4.78 is 45.6. The Balaban J connectivity index is 2.03. The molecule has 1 heterocycles. The minimum Gasteiger partial charge on any atom is -0.491 e. The molecule has 0 radical (unpaired) electrons. The van der Waals surface area contributed by atoms with Gasteiger partial charge in [0.1, 0.15) is 5.03 Å². The molecule has 2 aromatic carbocycles. The predicted molar refractivity (Wildman–Crippen MR) is 76.5 cm³/mol. The van der Waals surface area contributed by atoms with E-state index in [1.807, 2.05) is 6.07 Å². The van der Waals surface area contributed by atoms with E-state index in [-0.39, 0.29) is 4.90 Å². The second kappa shape index (κ2) is 5.84. The van der Waals surface area contributed by atoms with E-state index in [1.54, 1.807) is 18.2 Å². The number of hydrogen-bond acceptors (Lipinski definition) is 4. The van der Waals surface area contributed by atoms with Gasteiger partial charge in [-0.15, -0.1) is 0 Å². The second-order valence-corrected chi connectivity index (χ2v) is 5.38. The zero-order valence-corrected chi connectivity index (χ0v) is 12.1. The third kappa shape index (κ3) is 2.59. The lowest BCUT2D eigenvalue weighted by Gasteiger charge is -2.09. The van der Waals surface area contributed by atoms with Gasteiger partial charge in [-0.05, 0) is 18.2 Å². The Hall–Kier alpha value is -2.28. The maximum absolute atomic E-state index is 14.1. The summed E-state index contributed by atoms with van der Waals surface area (Å²) in [6, 6.07) is 7.94. The molecule has 0 saturated heterocycles. The average molecular weight is 322 g/mol. The van der Waals surface area contributed by atoms with Gasteiger partial charge in [0, 0.05) is 0 Å². The van der Waals surface area contributed by atoms with E-state index in [1.165, 1.54) is 6.20 Å². The number of benzene rings is 2. The molecule has 7 heteroatoms. The molecule has 0 aliphatic heterocycles. The smallest absolute Gasteiger partial charge is 0.203 e. The highest BCUT2D eigenvalue weighted by Gasteiger charge is 2.20. The van der Waals surface area contributed by atoms with E-state index in [9.17, 15) is 13.2 Å². The molecule has 112 valence electrons. The van der Waals surface area contributed by atoms with Gasteiger partial charge in [0.2, 0.25) is 5.82 Å². The highest BCUT2D eigenvalue weighted by Crippen LogP contribution is 2.35. The van der Waals surface area contributed by atoms with Gasteiger partial charge in [0.25, 0.3) is 0 Å². The topological polar surface area (TPSA) is 35.0 Å². The molecule has 0 spiro atoms. The van der Waals surface area contributed by atoms with Crippen molar-refractivity contribution in [2.75, 3.05) is 7.11 Å². The molecule has 0 amide bonds. The number of para-hydroxylation sites is 2. The van der Waals surface area contributed by atoms with Crippen LogP contribution in [0.15, 0.2) is 46.5 Å². The minimum absolute atomic E-state index is 0.125. The number of fused-ring (bicyclic) bond motifs is 1. The summed E-state index contributed by atoms with van der Waals surface area (Å²) in [5, 5.41) is 0.366. The molecule has 0 atom stereocenters. The first-order valence-corrected chi connectivity index (χ1v) is 7.03. The van der Waals surface area contributed by atoms with Crippen LogP contribution >= 0.6 is 11.8 Å². The molecule has 1 aromatic heterocycles. The van der Waals surface area contributed by atoms with Crippen molar-refractivity contribution < 1.29 is 17.9 Å². The van der Waals surface area contributed by atoms with Gasteiger partial charge in [-0.1, -0.05) is 23.9 Å². The van der Waals surface area contributed by atoms with Crippen LogP contribution in [0.2, 0.25) is 0 Å². The van der Waals surface area contributed by atoms with Gasteiger partial charge in [-0.2, -0.15) is 4.39 Å². The van der Waals surface area contributed by atoms with Crippen LogP contribution in [0.4, 0.5) is 13.2 Å². The van der Waals surface area contributed by atoms with Crippen LogP contribution < -0.4 is 4.74 Å². The van der Waals surface area contributed by atoms with Crippen molar-refractivity contribution in [2.45, 2.75) is 9.92 Å².